The van der Waals surface area contributed by atoms with Gasteiger partial charge in [0.1, 0.15) is 4.90 Å². The molecule has 7 heteroatoms. The Morgan fingerprint density at radius 2 is 1.67 bits per heavy atom. The molecular formula is C8H6O6S. The first-order chi connectivity index (χ1) is 6.93. The highest BCUT2D eigenvalue weighted by molar-refractivity contribution is 7.87. The van der Waals surface area contributed by atoms with Crippen molar-refractivity contribution in [3.8, 4) is 0 Å². The van der Waals surface area contributed by atoms with Gasteiger partial charge in [-0.15, -0.1) is 0 Å². The van der Waals surface area contributed by atoms with Gasteiger partial charge >= 0.3 is 22.1 Å². The number of aliphatic carboxylic acids is 1. The number of carbonyl (C=O) groups excluding carboxylic acids is 1. The SMILES string of the molecule is O=C(O)C(=O)OS(=O)(=O)c1ccccc1. The number of carboxylic acids is 1. The van der Waals surface area contributed by atoms with Crippen LogP contribution in [0.1, 0.15) is 0 Å². The summed E-state index contributed by atoms with van der Waals surface area (Å²) in [5.41, 5.74) is 0. The molecule has 0 fully saturated rings. The standard InChI is InChI=1S/C8H6O6S/c9-7(10)8(11)14-15(12,13)6-4-2-1-3-5-6/h1-5H,(H,9,10). The van der Waals surface area contributed by atoms with E-state index in [9.17, 15) is 18.0 Å². The van der Waals surface area contributed by atoms with Crippen LogP contribution in [0, 0.1) is 0 Å². The Morgan fingerprint density at radius 3 is 2.13 bits per heavy atom. The maximum atomic E-state index is 11.2. The zero-order valence-corrected chi connectivity index (χ0v) is 8.10. The van der Waals surface area contributed by atoms with E-state index in [0.29, 0.717) is 0 Å². The van der Waals surface area contributed by atoms with Crippen molar-refractivity contribution in [3.63, 3.8) is 0 Å². The van der Waals surface area contributed by atoms with Crippen molar-refractivity contribution in [2.75, 3.05) is 0 Å². The second-order valence-corrected chi connectivity index (χ2v) is 3.99. The van der Waals surface area contributed by atoms with Crippen molar-refractivity contribution >= 4 is 22.1 Å². The van der Waals surface area contributed by atoms with E-state index >= 15 is 0 Å². The van der Waals surface area contributed by atoms with E-state index < -0.39 is 22.1 Å². The summed E-state index contributed by atoms with van der Waals surface area (Å²) in [4.78, 5) is 20.3. The minimum absolute atomic E-state index is 0.278. The largest absolute Gasteiger partial charge is 0.473 e. The molecule has 1 N–H and O–H groups in total. The summed E-state index contributed by atoms with van der Waals surface area (Å²) in [5.74, 6) is -3.80. The Bertz CT molecular complexity index is 475. The van der Waals surface area contributed by atoms with E-state index in [1.165, 1.54) is 24.3 Å². The first kappa shape index (κ1) is 11.2. The molecule has 0 saturated heterocycles. The molecule has 0 amide bonds. The van der Waals surface area contributed by atoms with Gasteiger partial charge in [-0.3, -0.25) is 0 Å². The highest BCUT2D eigenvalue weighted by atomic mass is 32.2. The van der Waals surface area contributed by atoms with E-state index in [-0.39, 0.29) is 4.90 Å². The van der Waals surface area contributed by atoms with E-state index in [1.54, 1.807) is 6.07 Å². The van der Waals surface area contributed by atoms with Gasteiger partial charge in [0.05, 0.1) is 0 Å². The number of hydrogen-bond acceptors (Lipinski definition) is 5. The van der Waals surface area contributed by atoms with Crippen molar-refractivity contribution in [2.24, 2.45) is 0 Å². The molecule has 80 valence electrons. The van der Waals surface area contributed by atoms with Crippen LogP contribution in [-0.2, 0) is 23.9 Å². The maximum absolute atomic E-state index is 11.2. The van der Waals surface area contributed by atoms with Crippen molar-refractivity contribution in [2.45, 2.75) is 4.90 Å². The predicted molar refractivity (Wildman–Crippen MR) is 47.4 cm³/mol. The Morgan fingerprint density at radius 1 is 1.13 bits per heavy atom. The lowest BCUT2D eigenvalue weighted by atomic mass is 10.4. The van der Waals surface area contributed by atoms with Crippen molar-refractivity contribution < 1.29 is 27.3 Å². The first-order valence-electron chi connectivity index (χ1n) is 3.70. The molecule has 0 atom stereocenters. The third-order valence-corrected chi connectivity index (χ3v) is 2.61. The lowest BCUT2D eigenvalue weighted by Crippen LogP contribution is -2.20. The molecule has 0 saturated carbocycles. The fourth-order valence-electron chi connectivity index (χ4n) is 0.771. The van der Waals surface area contributed by atoms with Crippen molar-refractivity contribution in [1.29, 1.82) is 0 Å². The summed E-state index contributed by atoms with van der Waals surface area (Å²) < 4.78 is 26.3. The zero-order chi connectivity index (χ0) is 11.5. The van der Waals surface area contributed by atoms with Crippen LogP contribution < -0.4 is 0 Å². The Hall–Kier alpha value is -1.89. The second kappa shape index (κ2) is 4.09. The fraction of sp³-hybridized carbons (Fsp3) is 0. The number of benzene rings is 1. The predicted octanol–water partition coefficient (Wildman–Crippen LogP) is 0.00310. The second-order valence-electron chi connectivity index (χ2n) is 2.44. The van der Waals surface area contributed by atoms with Gasteiger partial charge < -0.3 is 9.29 Å². The smallest absolute Gasteiger partial charge is 0.432 e. The molecular weight excluding hydrogens is 224 g/mol. The summed E-state index contributed by atoms with van der Waals surface area (Å²) >= 11 is 0. The fourth-order valence-corrected chi connectivity index (χ4v) is 1.63. The summed E-state index contributed by atoms with van der Waals surface area (Å²) in [6, 6.07) is 6.77. The molecule has 1 aromatic rings. The lowest BCUT2D eigenvalue weighted by Gasteiger charge is -2.01. The van der Waals surface area contributed by atoms with E-state index in [0.717, 1.165) is 0 Å². The Balaban J connectivity index is 2.96. The zero-order valence-electron chi connectivity index (χ0n) is 7.28. The van der Waals surface area contributed by atoms with Crippen LogP contribution in [0.4, 0.5) is 0 Å². The minimum atomic E-state index is -4.33. The summed E-state index contributed by atoms with van der Waals surface area (Å²) in [6.45, 7) is 0. The van der Waals surface area contributed by atoms with Crippen LogP contribution in [0.2, 0.25) is 0 Å². The number of rotatable bonds is 2. The molecule has 0 spiro atoms. The molecule has 1 aromatic carbocycles. The Kier molecular flexibility index (Phi) is 3.05. The average Bonchev–Trinajstić information content (AvgIpc) is 2.18. The molecule has 6 nitrogen and oxygen atoms in total. The molecule has 0 aliphatic rings. The quantitative estimate of drug-likeness (QED) is 0.567. The van der Waals surface area contributed by atoms with Gasteiger partial charge in [0.2, 0.25) is 0 Å². The molecule has 15 heavy (non-hydrogen) atoms. The number of hydrogen-bond donors (Lipinski definition) is 1. The number of carbonyl (C=O) groups is 2. The van der Waals surface area contributed by atoms with Gasteiger partial charge in [-0.1, -0.05) is 18.2 Å². The lowest BCUT2D eigenvalue weighted by molar-refractivity contribution is -0.157. The molecule has 0 aliphatic carbocycles. The summed E-state index contributed by atoms with van der Waals surface area (Å²) in [5, 5.41) is 8.15. The molecule has 1 rings (SSSR count). The third kappa shape index (κ3) is 2.78. The van der Waals surface area contributed by atoms with E-state index in [1.807, 2.05) is 0 Å². The average molecular weight is 230 g/mol. The topological polar surface area (TPSA) is 97.7 Å². The van der Waals surface area contributed by atoms with Crippen LogP contribution in [0.5, 0.6) is 0 Å². The highest BCUT2D eigenvalue weighted by Crippen LogP contribution is 2.11. The normalized spacial score (nSPS) is 10.7. The van der Waals surface area contributed by atoms with Gasteiger partial charge in [-0.2, -0.15) is 8.42 Å². The van der Waals surface area contributed by atoms with Crippen molar-refractivity contribution in [1.82, 2.24) is 0 Å². The third-order valence-electron chi connectivity index (χ3n) is 1.39. The van der Waals surface area contributed by atoms with Crippen LogP contribution in [-0.4, -0.2) is 25.5 Å². The minimum Gasteiger partial charge on any atom is -0.473 e. The van der Waals surface area contributed by atoms with Crippen LogP contribution in [0.3, 0.4) is 0 Å². The van der Waals surface area contributed by atoms with Crippen LogP contribution in [0.15, 0.2) is 35.2 Å². The van der Waals surface area contributed by atoms with E-state index in [2.05, 4.69) is 4.18 Å². The molecule has 0 unspecified atom stereocenters. The number of carboxylic acid groups (broad SMARTS) is 1. The first-order valence-corrected chi connectivity index (χ1v) is 5.11. The van der Waals surface area contributed by atoms with Gasteiger partial charge in [0.25, 0.3) is 0 Å². The molecule has 0 radical (unpaired) electrons. The summed E-state index contributed by atoms with van der Waals surface area (Å²) in [6.07, 6.45) is 0. The molecule has 0 aliphatic heterocycles. The summed E-state index contributed by atoms with van der Waals surface area (Å²) in [7, 11) is -4.33. The molecule has 0 heterocycles. The molecule has 0 bridgehead atoms. The van der Waals surface area contributed by atoms with Gasteiger partial charge in [0.15, 0.2) is 0 Å². The van der Waals surface area contributed by atoms with Gasteiger partial charge in [-0.05, 0) is 12.1 Å². The Labute approximate surface area is 85.2 Å². The van der Waals surface area contributed by atoms with Crippen LogP contribution in [0.25, 0.3) is 0 Å². The van der Waals surface area contributed by atoms with E-state index in [4.69, 9.17) is 5.11 Å². The van der Waals surface area contributed by atoms with Crippen LogP contribution >= 0.6 is 0 Å². The molecule has 0 aromatic heterocycles. The maximum Gasteiger partial charge on any atom is 0.432 e. The van der Waals surface area contributed by atoms with Crippen molar-refractivity contribution in [3.05, 3.63) is 30.3 Å². The van der Waals surface area contributed by atoms with Gasteiger partial charge in [-0.25, -0.2) is 9.59 Å². The van der Waals surface area contributed by atoms with Gasteiger partial charge in [0, 0.05) is 0 Å². The highest BCUT2D eigenvalue weighted by Gasteiger charge is 2.24. The monoisotopic (exact) mass is 230 g/mol.